The summed E-state index contributed by atoms with van der Waals surface area (Å²) in [6.07, 6.45) is 3.01. The Bertz CT molecular complexity index is 682. The monoisotopic (exact) mass is 320 g/mol. The van der Waals surface area contributed by atoms with E-state index < -0.39 is 5.97 Å². The molecule has 0 atom stereocenters. The number of aromatic nitrogens is 1. The molecule has 2 N–H and O–H groups in total. The van der Waals surface area contributed by atoms with Gasteiger partial charge in [-0.2, -0.15) is 0 Å². The Kier molecular flexibility index (Phi) is 5.11. The van der Waals surface area contributed by atoms with Crippen molar-refractivity contribution in [3.63, 3.8) is 0 Å². The van der Waals surface area contributed by atoms with E-state index in [9.17, 15) is 9.59 Å². The lowest BCUT2D eigenvalue weighted by Crippen LogP contribution is -2.22. The molecule has 0 saturated carbocycles. The van der Waals surface area contributed by atoms with Crippen LogP contribution >= 0.6 is 11.3 Å². The highest BCUT2D eigenvalue weighted by Crippen LogP contribution is 2.17. The van der Waals surface area contributed by atoms with Crippen molar-refractivity contribution in [2.45, 2.75) is 26.5 Å². The number of carboxylic acids is 1. The Labute approximate surface area is 131 Å². The minimum absolute atomic E-state index is 0.000620. The number of aromatic carboxylic acids is 1. The summed E-state index contributed by atoms with van der Waals surface area (Å²) in [5.74, 6) is -0.718. The molecular weight excluding hydrogens is 304 g/mol. The summed E-state index contributed by atoms with van der Waals surface area (Å²) in [6, 6.07) is 4.83. The van der Waals surface area contributed by atoms with Gasteiger partial charge in [-0.3, -0.25) is 9.78 Å². The van der Waals surface area contributed by atoms with Gasteiger partial charge in [-0.15, -0.1) is 11.3 Å². The number of carbonyl (C=O) groups is 2. The maximum atomic E-state index is 12.1. The number of carbonyl (C=O) groups excluding carboxylic acids is 1. The number of thiophene rings is 1. The molecule has 116 valence electrons. The first kappa shape index (κ1) is 16.0. The highest BCUT2D eigenvalue weighted by Gasteiger charge is 2.10. The van der Waals surface area contributed by atoms with E-state index in [4.69, 9.17) is 9.84 Å². The van der Waals surface area contributed by atoms with Crippen molar-refractivity contribution in [3.8, 4) is 5.75 Å². The third kappa shape index (κ3) is 4.29. The predicted octanol–water partition coefficient (Wildman–Crippen LogP) is 2.56. The van der Waals surface area contributed by atoms with E-state index >= 15 is 0 Å². The normalized spacial score (nSPS) is 10.5. The van der Waals surface area contributed by atoms with Crippen LogP contribution in [0.4, 0.5) is 0 Å². The molecule has 2 rings (SSSR count). The van der Waals surface area contributed by atoms with E-state index in [0.717, 1.165) is 16.2 Å². The van der Waals surface area contributed by atoms with Crippen LogP contribution in [0.3, 0.4) is 0 Å². The SMILES string of the molecule is CC(C)Oc1cncc(C(=O)NCc2ccc(C(=O)O)s2)c1. The van der Waals surface area contributed by atoms with Crippen molar-refractivity contribution in [3.05, 3.63) is 45.9 Å². The van der Waals surface area contributed by atoms with Crippen molar-refractivity contribution >= 4 is 23.2 Å². The average molecular weight is 320 g/mol. The minimum Gasteiger partial charge on any atom is -0.489 e. The van der Waals surface area contributed by atoms with Gasteiger partial charge in [0.1, 0.15) is 10.6 Å². The lowest BCUT2D eigenvalue weighted by atomic mass is 10.2. The molecule has 1 amide bonds. The lowest BCUT2D eigenvalue weighted by Gasteiger charge is -2.10. The lowest BCUT2D eigenvalue weighted by molar-refractivity contribution is 0.0702. The van der Waals surface area contributed by atoms with Gasteiger partial charge in [0.25, 0.3) is 5.91 Å². The molecule has 2 aromatic rings. The van der Waals surface area contributed by atoms with E-state index in [1.807, 2.05) is 13.8 Å². The molecule has 22 heavy (non-hydrogen) atoms. The second-order valence-electron chi connectivity index (χ2n) is 4.83. The zero-order chi connectivity index (χ0) is 16.1. The van der Waals surface area contributed by atoms with Crippen LogP contribution in [-0.4, -0.2) is 28.1 Å². The molecule has 0 aromatic carbocycles. The second-order valence-corrected chi connectivity index (χ2v) is 6.00. The molecule has 2 heterocycles. The summed E-state index contributed by atoms with van der Waals surface area (Å²) in [7, 11) is 0. The zero-order valence-corrected chi connectivity index (χ0v) is 13.0. The van der Waals surface area contributed by atoms with Gasteiger partial charge in [-0.25, -0.2) is 4.79 Å². The van der Waals surface area contributed by atoms with E-state index in [0.29, 0.717) is 11.3 Å². The Balaban J connectivity index is 1.98. The molecule has 0 aliphatic carbocycles. The van der Waals surface area contributed by atoms with Crippen molar-refractivity contribution < 1.29 is 19.4 Å². The number of hydrogen-bond acceptors (Lipinski definition) is 5. The molecule has 6 nitrogen and oxygen atoms in total. The van der Waals surface area contributed by atoms with Crippen LogP contribution < -0.4 is 10.1 Å². The van der Waals surface area contributed by atoms with Crippen molar-refractivity contribution in [1.82, 2.24) is 10.3 Å². The first-order chi connectivity index (χ1) is 10.5. The van der Waals surface area contributed by atoms with E-state index in [2.05, 4.69) is 10.3 Å². The van der Waals surface area contributed by atoms with Crippen molar-refractivity contribution in [2.75, 3.05) is 0 Å². The minimum atomic E-state index is -0.967. The van der Waals surface area contributed by atoms with E-state index in [-0.39, 0.29) is 23.4 Å². The summed E-state index contributed by atoms with van der Waals surface area (Å²) in [5.41, 5.74) is 0.396. The van der Waals surface area contributed by atoms with Crippen LogP contribution in [0.2, 0.25) is 0 Å². The number of ether oxygens (including phenoxy) is 1. The number of nitrogens with one attached hydrogen (secondary N) is 1. The Morgan fingerprint density at radius 3 is 2.77 bits per heavy atom. The van der Waals surface area contributed by atoms with Crippen molar-refractivity contribution in [2.24, 2.45) is 0 Å². The fourth-order valence-corrected chi connectivity index (χ4v) is 2.52. The smallest absolute Gasteiger partial charge is 0.345 e. The maximum Gasteiger partial charge on any atom is 0.345 e. The molecule has 0 spiro atoms. The molecule has 0 unspecified atom stereocenters. The first-order valence-electron chi connectivity index (χ1n) is 6.67. The number of pyridine rings is 1. The largest absolute Gasteiger partial charge is 0.489 e. The van der Waals surface area contributed by atoms with E-state index in [1.54, 1.807) is 18.3 Å². The highest BCUT2D eigenvalue weighted by atomic mass is 32.1. The zero-order valence-electron chi connectivity index (χ0n) is 12.2. The fourth-order valence-electron chi connectivity index (χ4n) is 1.74. The molecule has 7 heteroatoms. The third-order valence-corrected chi connectivity index (χ3v) is 3.72. The van der Waals surface area contributed by atoms with Gasteiger partial charge >= 0.3 is 5.97 Å². The van der Waals surface area contributed by atoms with Gasteiger partial charge in [0.2, 0.25) is 0 Å². The van der Waals surface area contributed by atoms with E-state index in [1.165, 1.54) is 12.3 Å². The second kappa shape index (κ2) is 7.04. The molecular formula is C15H16N2O4S. The van der Waals surface area contributed by atoms with Gasteiger partial charge in [0, 0.05) is 11.1 Å². The number of carboxylic acid groups (broad SMARTS) is 1. The van der Waals surface area contributed by atoms with Gasteiger partial charge in [-0.1, -0.05) is 0 Å². The highest BCUT2D eigenvalue weighted by molar-refractivity contribution is 7.13. The Hall–Kier alpha value is -2.41. The van der Waals surface area contributed by atoms with Gasteiger partial charge in [0.05, 0.1) is 24.4 Å². The van der Waals surface area contributed by atoms with Crippen LogP contribution in [0.25, 0.3) is 0 Å². The van der Waals surface area contributed by atoms with Crippen LogP contribution in [0.5, 0.6) is 5.75 Å². The summed E-state index contributed by atoms with van der Waals surface area (Å²) in [5, 5.41) is 11.6. The fraction of sp³-hybridized carbons (Fsp3) is 0.267. The summed E-state index contributed by atoms with van der Waals surface area (Å²) >= 11 is 1.14. The average Bonchev–Trinajstić information content (AvgIpc) is 2.93. The van der Waals surface area contributed by atoms with Gasteiger partial charge < -0.3 is 15.2 Å². The van der Waals surface area contributed by atoms with Gasteiger partial charge in [0.15, 0.2) is 0 Å². The maximum absolute atomic E-state index is 12.1. The molecule has 0 fully saturated rings. The third-order valence-electron chi connectivity index (χ3n) is 2.64. The summed E-state index contributed by atoms with van der Waals surface area (Å²) < 4.78 is 5.49. The standard InChI is InChI=1S/C15H16N2O4S/c1-9(2)21-11-5-10(6-16-7-11)14(18)17-8-12-3-4-13(22-12)15(19)20/h3-7,9H,8H2,1-2H3,(H,17,18)(H,19,20). The summed E-state index contributed by atoms with van der Waals surface area (Å²) in [6.45, 7) is 4.05. The topological polar surface area (TPSA) is 88.5 Å². The molecule has 0 saturated heterocycles. The van der Waals surface area contributed by atoms with Crippen molar-refractivity contribution in [1.29, 1.82) is 0 Å². The molecule has 0 bridgehead atoms. The summed E-state index contributed by atoms with van der Waals surface area (Å²) in [4.78, 5) is 27.9. The number of hydrogen-bond donors (Lipinski definition) is 2. The van der Waals surface area contributed by atoms with Crippen LogP contribution in [-0.2, 0) is 6.54 Å². The first-order valence-corrected chi connectivity index (χ1v) is 7.49. The molecule has 0 radical (unpaired) electrons. The molecule has 2 aromatic heterocycles. The predicted molar refractivity (Wildman–Crippen MR) is 82.4 cm³/mol. The number of nitrogens with zero attached hydrogens (tertiary/aromatic N) is 1. The number of amides is 1. The van der Waals surface area contributed by atoms with Crippen LogP contribution in [0.1, 0.15) is 38.8 Å². The van der Waals surface area contributed by atoms with Crippen LogP contribution in [0.15, 0.2) is 30.6 Å². The van der Waals surface area contributed by atoms with Crippen LogP contribution in [0, 0.1) is 0 Å². The molecule has 0 aliphatic rings. The Morgan fingerprint density at radius 2 is 2.14 bits per heavy atom. The molecule has 0 aliphatic heterocycles. The number of rotatable bonds is 6. The quantitative estimate of drug-likeness (QED) is 0.854. The Morgan fingerprint density at radius 1 is 1.36 bits per heavy atom. The van der Waals surface area contributed by atoms with Gasteiger partial charge in [-0.05, 0) is 32.0 Å².